The van der Waals surface area contributed by atoms with Crippen molar-refractivity contribution in [2.45, 2.75) is 32.2 Å². The van der Waals surface area contributed by atoms with Gasteiger partial charge >= 0.3 is 0 Å². The van der Waals surface area contributed by atoms with Gasteiger partial charge in [0.1, 0.15) is 5.84 Å². The van der Waals surface area contributed by atoms with Crippen LogP contribution in [-0.2, 0) is 0 Å². The van der Waals surface area contributed by atoms with Gasteiger partial charge in [0.15, 0.2) is 5.84 Å². The molecular weight excluding hydrogens is 154 g/mol. The summed E-state index contributed by atoms with van der Waals surface area (Å²) < 4.78 is 0. The average Bonchev–Trinajstić information content (AvgIpc) is 2.52. The quantitative estimate of drug-likeness (QED) is 0.433. The van der Waals surface area contributed by atoms with Gasteiger partial charge in [0.2, 0.25) is 0 Å². The molecule has 0 aromatic rings. The van der Waals surface area contributed by atoms with E-state index in [4.69, 9.17) is 5.21 Å². The first-order chi connectivity index (χ1) is 5.81. The number of hydrogen-bond acceptors (Lipinski definition) is 3. The normalized spacial score (nSPS) is 32.1. The smallest absolute Gasteiger partial charge is 0.171 e. The Labute approximate surface area is 71.6 Å². The van der Waals surface area contributed by atoms with E-state index in [0.29, 0.717) is 11.9 Å². The van der Waals surface area contributed by atoms with Gasteiger partial charge in [-0.1, -0.05) is 5.16 Å². The van der Waals surface area contributed by atoms with Crippen molar-refractivity contribution in [2.24, 2.45) is 10.1 Å². The Morgan fingerprint density at radius 3 is 3.25 bits per heavy atom. The van der Waals surface area contributed by atoms with Crippen LogP contribution in [0.25, 0.3) is 0 Å². The third kappa shape index (κ3) is 1.07. The number of hydrogen-bond donors (Lipinski definition) is 1. The Bertz CT molecular complexity index is 247. The molecule has 1 saturated heterocycles. The molecule has 0 radical (unpaired) electrons. The van der Waals surface area contributed by atoms with Crippen LogP contribution in [0, 0.1) is 0 Å². The van der Waals surface area contributed by atoms with Crippen molar-refractivity contribution in [2.75, 3.05) is 6.54 Å². The predicted molar refractivity (Wildman–Crippen MR) is 46.7 cm³/mol. The Balaban J connectivity index is 2.25. The summed E-state index contributed by atoms with van der Waals surface area (Å²) in [6, 6.07) is 0.536. The van der Waals surface area contributed by atoms with E-state index in [1.807, 2.05) is 6.92 Å². The second-order valence-electron chi connectivity index (χ2n) is 3.37. The first-order valence-electron chi connectivity index (χ1n) is 4.34. The summed E-state index contributed by atoms with van der Waals surface area (Å²) >= 11 is 0. The van der Waals surface area contributed by atoms with Crippen molar-refractivity contribution in [1.29, 1.82) is 0 Å². The molecule has 0 aromatic heterocycles. The second-order valence-corrected chi connectivity index (χ2v) is 3.37. The lowest BCUT2D eigenvalue weighted by Crippen LogP contribution is -2.39. The minimum Gasteiger partial charge on any atom is -0.409 e. The maximum absolute atomic E-state index is 8.59. The minimum atomic E-state index is 0.536. The zero-order valence-electron chi connectivity index (χ0n) is 7.19. The zero-order valence-corrected chi connectivity index (χ0v) is 7.19. The first kappa shape index (κ1) is 7.58. The first-order valence-corrected chi connectivity index (χ1v) is 4.34. The largest absolute Gasteiger partial charge is 0.409 e. The Kier molecular flexibility index (Phi) is 1.75. The number of oxime groups is 1. The molecule has 1 N–H and O–H groups in total. The molecule has 66 valence electrons. The van der Waals surface area contributed by atoms with Crippen LogP contribution in [-0.4, -0.2) is 34.4 Å². The number of amidine groups is 2. The van der Waals surface area contributed by atoms with Gasteiger partial charge < -0.3 is 10.1 Å². The molecule has 2 aliphatic heterocycles. The molecular formula is C8H13N3O. The predicted octanol–water partition coefficient (Wildman–Crippen LogP) is 1.06. The second kappa shape index (κ2) is 2.77. The molecule has 4 nitrogen and oxygen atoms in total. The van der Waals surface area contributed by atoms with Gasteiger partial charge in [-0.15, -0.1) is 0 Å². The van der Waals surface area contributed by atoms with Crippen LogP contribution in [0.2, 0.25) is 0 Å². The van der Waals surface area contributed by atoms with E-state index in [2.05, 4.69) is 15.0 Å². The van der Waals surface area contributed by atoms with E-state index in [9.17, 15) is 0 Å². The molecule has 2 aliphatic rings. The van der Waals surface area contributed by atoms with Crippen molar-refractivity contribution < 1.29 is 5.21 Å². The Morgan fingerprint density at radius 2 is 2.50 bits per heavy atom. The third-order valence-electron chi connectivity index (χ3n) is 2.62. The van der Waals surface area contributed by atoms with Crippen LogP contribution < -0.4 is 0 Å². The summed E-state index contributed by atoms with van der Waals surface area (Å²) in [6.45, 7) is 3.08. The standard InChI is InChI=1S/C8H13N3O/c1-6-9-8(10-12)5-7-3-2-4-11(6)7/h7,12H,2-5H2,1H3/b10-8+/t7-/m1/s1. The molecule has 0 aromatic carbocycles. The number of fused-ring (bicyclic) bond motifs is 1. The molecule has 4 heteroatoms. The summed E-state index contributed by atoms with van der Waals surface area (Å²) in [4.78, 5) is 6.49. The maximum atomic E-state index is 8.59. The van der Waals surface area contributed by atoms with E-state index in [1.54, 1.807) is 0 Å². The van der Waals surface area contributed by atoms with Gasteiger partial charge in [0.05, 0.1) is 0 Å². The fourth-order valence-electron chi connectivity index (χ4n) is 2.04. The molecule has 2 heterocycles. The lowest BCUT2D eigenvalue weighted by Gasteiger charge is -2.29. The van der Waals surface area contributed by atoms with E-state index in [-0.39, 0.29) is 0 Å². The zero-order chi connectivity index (χ0) is 8.55. The van der Waals surface area contributed by atoms with Gasteiger partial charge in [-0.25, -0.2) is 4.99 Å². The highest BCUT2D eigenvalue weighted by atomic mass is 16.4. The maximum Gasteiger partial charge on any atom is 0.171 e. The Hall–Kier alpha value is -1.06. The van der Waals surface area contributed by atoms with Crippen LogP contribution in [0.4, 0.5) is 0 Å². The molecule has 1 atom stereocenters. The fourth-order valence-corrected chi connectivity index (χ4v) is 2.04. The summed E-state index contributed by atoms with van der Waals surface area (Å²) in [7, 11) is 0. The minimum absolute atomic E-state index is 0.536. The van der Waals surface area contributed by atoms with E-state index in [0.717, 1.165) is 18.8 Å². The molecule has 1 fully saturated rings. The fraction of sp³-hybridized carbons (Fsp3) is 0.750. The number of nitrogens with zero attached hydrogens (tertiary/aromatic N) is 3. The molecule has 0 aliphatic carbocycles. The molecule has 0 spiro atoms. The molecule has 0 amide bonds. The molecule has 0 bridgehead atoms. The van der Waals surface area contributed by atoms with Crippen molar-refractivity contribution >= 4 is 11.7 Å². The highest BCUT2D eigenvalue weighted by molar-refractivity contribution is 5.98. The van der Waals surface area contributed by atoms with Crippen LogP contribution in [0.5, 0.6) is 0 Å². The molecule has 2 rings (SSSR count). The van der Waals surface area contributed by atoms with Crippen molar-refractivity contribution in [1.82, 2.24) is 4.90 Å². The number of rotatable bonds is 0. The lowest BCUT2D eigenvalue weighted by atomic mass is 10.1. The molecule has 12 heavy (non-hydrogen) atoms. The van der Waals surface area contributed by atoms with Crippen LogP contribution in [0.1, 0.15) is 26.2 Å². The average molecular weight is 167 g/mol. The summed E-state index contributed by atoms with van der Waals surface area (Å²) in [5, 5.41) is 11.8. The van der Waals surface area contributed by atoms with Gasteiger partial charge in [-0.2, -0.15) is 0 Å². The van der Waals surface area contributed by atoms with Crippen molar-refractivity contribution in [3.8, 4) is 0 Å². The SMILES string of the molecule is CC1=N/C(=N/O)C[C@H]2CCCN12. The van der Waals surface area contributed by atoms with E-state index in [1.165, 1.54) is 12.8 Å². The third-order valence-corrected chi connectivity index (χ3v) is 2.62. The summed E-state index contributed by atoms with van der Waals surface area (Å²) in [5.41, 5.74) is 0. The van der Waals surface area contributed by atoms with Gasteiger partial charge in [-0.05, 0) is 19.8 Å². The van der Waals surface area contributed by atoms with Crippen LogP contribution in [0.3, 0.4) is 0 Å². The van der Waals surface area contributed by atoms with Gasteiger partial charge in [0, 0.05) is 19.0 Å². The van der Waals surface area contributed by atoms with E-state index < -0.39 is 0 Å². The highest BCUT2D eigenvalue weighted by Gasteiger charge is 2.30. The summed E-state index contributed by atoms with van der Waals surface area (Å²) in [5.74, 6) is 1.58. The van der Waals surface area contributed by atoms with Crippen LogP contribution in [0.15, 0.2) is 10.1 Å². The van der Waals surface area contributed by atoms with Gasteiger partial charge in [0.25, 0.3) is 0 Å². The summed E-state index contributed by atoms with van der Waals surface area (Å²) in [6.07, 6.45) is 3.23. The van der Waals surface area contributed by atoms with Crippen molar-refractivity contribution in [3.05, 3.63) is 0 Å². The van der Waals surface area contributed by atoms with E-state index >= 15 is 0 Å². The Morgan fingerprint density at radius 1 is 1.67 bits per heavy atom. The lowest BCUT2D eigenvalue weighted by molar-refractivity contribution is 0.310. The van der Waals surface area contributed by atoms with Gasteiger partial charge in [-0.3, -0.25) is 0 Å². The molecule has 0 unspecified atom stereocenters. The number of aliphatic imine (C=N–C) groups is 1. The molecule has 0 saturated carbocycles. The monoisotopic (exact) mass is 167 g/mol. The highest BCUT2D eigenvalue weighted by Crippen LogP contribution is 2.24. The van der Waals surface area contributed by atoms with Crippen LogP contribution >= 0.6 is 0 Å². The topological polar surface area (TPSA) is 48.2 Å². The van der Waals surface area contributed by atoms with Crippen molar-refractivity contribution in [3.63, 3.8) is 0 Å².